The van der Waals surface area contributed by atoms with E-state index in [0.29, 0.717) is 5.56 Å². The lowest BCUT2D eigenvalue weighted by Gasteiger charge is -2.09. The zero-order chi connectivity index (χ0) is 29.5. The van der Waals surface area contributed by atoms with Crippen molar-refractivity contribution in [3.8, 4) is 17.4 Å². The molecule has 3 heterocycles. The summed E-state index contributed by atoms with van der Waals surface area (Å²) in [6.07, 6.45) is 0. The van der Waals surface area contributed by atoms with E-state index in [-0.39, 0.29) is 0 Å². The molecule has 0 saturated heterocycles. The van der Waals surface area contributed by atoms with Crippen LogP contribution in [0, 0.1) is 11.3 Å². The summed E-state index contributed by atoms with van der Waals surface area (Å²) in [6.45, 7) is 4.69. The molecule has 0 bridgehead atoms. The normalized spacial score (nSPS) is 12.0. The molecule has 3 aromatic heterocycles. The minimum Gasteiger partial charge on any atom is -0.456 e. The SMILES string of the molecule is C[Si](C)c1ccc2c(c1)c1ccccc1n2-c1ccc2oc3ccc(-n4c5ccccc5c5cc(C#N)ccc54)cc3c2c1. The number of furan rings is 1. The maximum atomic E-state index is 9.56. The summed E-state index contributed by atoms with van der Waals surface area (Å²) in [7, 11) is -0.562. The van der Waals surface area contributed by atoms with Crippen LogP contribution in [0.4, 0.5) is 0 Å². The van der Waals surface area contributed by atoms with Gasteiger partial charge < -0.3 is 13.6 Å². The standard InChI is InChI=1S/C39H26N3OSi/c1-44(2)27-14-16-37-31(22-27)29-8-4-6-10-35(29)42(37)26-13-18-39-33(21-26)32-20-25(12-17-38(32)43-39)41-34-9-5-3-7-28(34)30-19-24(23-40)11-15-36(30)41/h3-22H,1-2H3. The first kappa shape index (κ1) is 25.0. The van der Waals surface area contributed by atoms with Crippen molar-refractivity contribution >= 4 is 79.5 Å². The summed E-state index contributed by atoms with van der Waals surface area (Å²) >= 11 is 0. The highest BCUT2D eigenvalue weighted by Gasteiger charge is 2.17. The second-order valence-corrected chi connectivity index (χ2v) is 14.3. The van der Waals surface area contributed by atoms with Crippen LogP contribution in [0.2, 0.25) is 13.1 Å². The molecule has 0 amide bonds. The van der Waals surface area contributed by atoms with E-state index < -0.39 is 8.80 Å². The smallest absolute Gasteiger partial charge is 0.135 e. The first-order valence-corrected chi connectivity index (χ1v) is 17.3. The average Bonchev–Trinajstić information content (AvgIpc) is 3.71. The molecule has 0 unspecified atom stereocenters. The largest absolute Gasteiger partial charge is 0.456 e. The fourth-order valence-electron chi connectivity index (χ4n) is 6.91. The molecule has 0 aliphatic rings. The quantitative estimate of drug-likeness (QED) is 0.195. The van der Waals surface area contributed by atoms with E-state index in [2.05, 4.69) is 137 Å². The van der Waals surface area contributed by atoms with Crippen LogP contribution in [0.5, 0.6) is 0 Å². The predicted molar refractivity (Wildman–Crippen MR) is 184 cm³/mol. The topological polar surface area (TPSA) is 46.8 Å². The number of nitrogens with zero attached hydrogens (tertiary/aromatic N) is 3. The van der Waals surface area contributed by atoms with Gasteiger partial charge in [-0.2, -0.15) is 5.26 Å². The monoisotopic (exact) mass is 580 g/mol. The molecule has 0 fully saturated rings. The third-order valence-electron chi connectivity index (χ3n) is 9.00. The highest BCUT2D eigenvalue weighted by Crippen LogP contribution is 2.38. The first-order valence-electron chi connectivity index (χ1n) is 14.8. The van der Waals surface area contributed by atoms with E-state index in [4.69, 9.17) is 4.42 Å². The van der Waals surface area contributed by atoms with Crippen molar-refractivity contribution in [2.24, 2.45) is 0 Å². The number of fused-ring (bicyclic) bond motifs is 9. The van der Waals surface area contributed by atoms with Gasteiger partial charge in [0.25, 0.3) is 0 Å². The van der Waals surface area contributed by atoms with Gasteiger partial charge in [0, 0.05) is 43.7 Å². The molecule has 207 valence electrons. The maximum absolute atomic E-state index is 9.56. The number of para-hydroxylation sites is 2. The summed E-state index contributed by atoms with van der Waals surface area (Å²) in [5, 5.41) is 18.0. The van der Waals surface area contributed by atoms with Gasteiger partial charge in [-0.15, -0.1) is 0 Å². The number of hydrogen-bond donors (Lipinski definition) is 0. The van der Waals surface area contributed by atoms with E-state index in [1.165, 1.54) is 27.0 Å². The Kier molecular flexibility index (Phi) is 5.23. The molecule has 5 heteroatoms. The third-order valence-corrected chi connectivity index (χ3v) is 10.5. The fraction of sp³-hybridized carbons (Fsp3) is 0.0513. The lowest BCUT2D eigenvalue weighted by molar-refractivity contribution is 0.669. The van der Waals surface area contributed by atoms with Crippen molar-refractivity contribution in [1.29, 1.82) is 5.26 Å². The van der Waals surface area contributed by atoms with Gasteiger partial charge in [-0.05, 0) is 72.8 Å². The number of benzene rings is 6. The van der Waals surface area contributed by atoms with Crippen molar-refractivity contribution in [3.05, 3.63) is 127 Å². The van der Waals surface area contributed by atoms with E-state index in [9.17, 15) is 5.26 Å². The minimum absolute atomic E-state index is 0.562. The molecule has 0 aliphatic heterocycles. The Balaban J connectivity index is 1.29. The van der Waals surface area contributed by atoms with Gasteiger partial charge in [-0.1, -0.05) is 66.8 Å². The summed E-state index contributed by atoms with van der Waals surface area (Å²) < 4.78 is 11.0. The minimum atomic E-state index is -0.562. The van der Waals surface area contributed by atoms with Gasteiger partial charge in [-0.25, -0.2) is 0 Å². The first-order chi connectivity index (χ1) is 21.6. The molecule has 6 aromatic carbocycles. The Bertz CT molecular complexity index is 2660. The number of nitriles is 1. The number of hydrogen-bond acceptors (Lipinski definition) is 2. The molecule has 9 aromatic rings. The molecule has 4 nitrogen and oxygen atoms in total. The molecule has 0 aliphatic carbocycles. The molecule has 9 rings (SSSR count). The molecule has 0 saturated carbocycles. The highest BCUT2D eigenvalue weighted by atomic mass is 28.3. The summed E-state index contributed by atoms with van der Waals surface area (Å²) in [6, 6.07) is 45.3. The fourth-order valence-corrected chi connectivity index (χ4v) is 7.76. The Hall–Kier alpha value is -5.57. The number of aromatic nitrogens is 2. The van der Waals surface area contributed by atoms with Gasteiger partial charge >= 0.3 is 0 Å². The average molecular weight is 581 g/mol. The Morgan fingerprint density at radius 3 is 1.61 bits per heavy atom. The van der Waals surface area contributed by atoms with Crippen LogP contribution in [0.25, 0.3) is 76.9 Å². The van der Waals surface area contributed by atoms with Gasteiger partial charge in [0.05, 0.1) is 42.5 Å². The van der Waals surface area contributed by atoms with Gasteiger partial charge in [0.1, 0.15) is 11.2 Å². The molecule has 0 N–H and O–H groups in total. The maximum Gasteiger partial charge on any atom is 0.135 e. The molecule has 0 atom stereocenters. The van der Waals surface area contributed by atoms with E-state index in [1.807, 2.05) is 12.1 Å². The van der Waals surface area contributed by atoms with E-state index >= 15 is 0 Å². The van der Waals surface area contributed by atoms with Crippen LogP contribution in [0.3, 0.4) is 0 Å². The zero-order valence-electron chi connectivity index (χ0n) is 24.3. The van der Waals surface area contributed by atoms with Crippen molar-refractivity contribution in [3.63, 3.8) is 0 Å². The van der Waals surface area contributed by atoms with Crippen LogP contribution in [-0.4, -0.2) is 17.9 Å². The molecule has 0 spiro atoms. The summed E-state index contributed by atoms with van der Waals surface area (Å²) in [5.74, 6) is 0. The second-order valence-electron chi connectivity index (χ2n) is 11.7. The van der Waals surface area contributed by atoms with Crippen molar-refractivity contribution in [1.82, 2.24) is 9.13 Å². The van der Waals surface area contributed by atoms with Crippen molar-refractivity contribution in [2.75, 3.05) is 0 Å². The zero-order valence-corrected chi connectivity index (χ0v) is 25.3. The van der Waals surface area contributed by atoms with Crippen LogP contribution < -0.4 is 5.19 Å². The van der Waals surface area contributed by atoms with Crippen LogP contribution >= 0.6 is 0 Å². The molecular formula is C39H26N3OSi. The molecule has 44 heavy (non-hydrogen) atoms. The number of rotatable bonds is 3. The Morgan fingerprint density at radius 1 is 0.523 bits per heavy atom. The summed E-state index contributed by atoms with van der Waals surface area (Å²) in [5.41, 5.74) is 9.17. The highest BCUT2D eigenvalue weighted by molar-refractivity contribution is 6.71. The van der Waals surface area contributed by atoms with E-state index in [1.54, 1.807) is 0 Å². The summed E-state index contributed by atoms with van der Waals surface area (Å²) in [4.78, 5) is 0. The van der Waals surface area contributed by atoms with Crippen molar-refractivity contribution in [2.45, 2.75) is 13.1 Å². The molecular weight excluding hydrogens is 555 g/mol. The van der Waals surface area contributed by atoms with Crippen LogP contribution in [0.15, 0.2) is 126 Å². The third kappa shape index (κ3) is 3.49. The lowest BCUT2D eigenvalue weighted by atomic mass is 10.1. The Labute approximate surface area is 255 Å². The predicted octanol–water partition coefficient (Wildman–Crippen LogP) is 9.61. The van der Waals surface area contributed by atoms with E-state index in [0.717, 1.165) is 55.1 Å². The lowest BCUT2D eigenvalue weighted by Crippen LogP contribution is -2.21. The van der Waals surface area contributed by atoms with Gasteiger partial charge in [-0.3, -0.25) is 0 Å². The Morgan fingerprint density at radius 2 is 1.05 bits per heavy atom. The molecule has 1 radical (unpaired) electrons. The second kappa shape index (κ2) is 9.21. The van der Waals surface area contributed by atoms with Crippen LogP contribution in [0.1, 0.15) is 5.56 Å². The van der Waals surface area contributed by atoms with Gasteiger partial charge in [0.15, 0.2) is 0 Å². The van der Waals surface area contributed by atoms with Crippen molar-refractivity contribution < 1.29 is 4.42 Å². The van der Waals surface area contributed by atoms with Gasteiger partial charge in [0.2, 0.25) is 0 Å². The van der Waals surface area contributed by atoms with Crippen LogP contribution in [-0.2, 0) is 0 Å².